The van der Waals surface area contributed by atoms with Crippen molar-refractivity contribution in [1.29, 1.82) is 0 Å². The first-order valence-electron chi connectivity index (χ1n) is 3.92. The van der Waals surface area contributed by atoms with E-state index in [1.165, 1.54) is 6.08 Å². The minimum atomic E-state index is -0.218. The maximum Gasteiger partial charge on any atom is 0.245 e. The Labute approximate surface area is 71.5 Å². The average molecular weight is 171 g/mol. The third kappa shape index (κ3) is 3.02. The van der Waals surface area contributed by atoms with Crippen LogP contribution in [0.15, 0.2) is 12.7 Å². The van der Waals surface area contributed by atoms with Crippen LogP contribution in [-0.2, 0) is 14.3 Å². The van der Waals surface area contributed by atoms with E-state index in [0.717, 1.165) is 13.0 Å². The minimum Gasteiger partial charge on any atom is -0.376 e. The number of hydrogen-bond acceptors (Lipinski definition) is 3. The third-order valence-corrected chi connectivity index (χ3v) is 1.63. The predicted molar refractivity (Wildman–Crippen MR) is 43.5 cm³/mol. The molecular weight excluding hydrogens is 158 g/mol. The second-order valence-electron chi connectivity index (χ2n) is 2.54. The number of nitrogens with one attached hydrogen (secondary N) is 1. The Morgan fingerprint density at radius 2 is 2.58 bits per heavy atom. The van der Waals surface area contributed by atoms with Gasteiger partial charge in [0.1, 0.15) is 6.73 Å². The first kappa shape index (κ1) is 9.22. The number of carbonyl (C=O) groups excluding carboxylic acids is 1. The number of rotatable bonds is 5. The molecule has 0 aromatic carbocycles. The molecule has 1 heterocycles. The summed E-state index contributed by atoms with van der Waals surface area (Å²) in [5, 5.41) is 2.50. The molecule has 1 fully saturated rings. The van der Waals surface area contributed by atoms with Gasteiger partial charge in [-0.1, -0.05) is 6.58 Å². The van der Waals surface area contributed by atoms with Crippen molar-refractivity contribution in [3.63, 3.8) is 0 Å². The van der Waals surface area contributed by atoms with Crippen LogP contribution in [0, 0.1) is 0 Å². The van der Waals surface area contributed by atoms with E-state index in [-0.39, 0.29) is 18.7 Å². The summed E-state index contributed by atoms with van der Waals surface area (Å²) in [6, 6.07) is 0. The van der Waals surface area contributed by atoms with E-state index >= 15 is 0 Å². The van der Waals surface area contributed by atoms with Crippen LogP contribution < -0.4 is 5.32 Å². The average Bonchev–Trinajstić information content (AvgIpc) is 2.00. The lowest BCUT2D eigenvalue weighted by molar-refractivity contribution is -0.121. The van der Waals surface area contributed by atoms with E-state index in [2.05, 4.69) is 11.9 Å². The Balaban J connectivity index is 1.88. The number of ether oxygens (including phenoxy) is 2. The summed E-state index contributed by atoms with van der Waals surface area (Å²) < 4.78 is 10.2. The summed E-state index contributed by atoms with van der Waals surface area (Å²) in [5.74, 6) is -0.218. The molecule has 0 saturated carbocycles. The molecule has 1 saturated heterocycles. The maximum absolute atomic E-state index is 10.6. The van der Waals surface area contributed by atoms with Crippen molar-refractivity contribution < 1.29 is 14.3 Å². The third-order valence-electron chi connectivity index (χ3n) is 1.63. The van der Waals surface area contributed by atoms with Crippen LogP contribution in [0.3, 0.4) is 0 Å². The van der Waals surface area contributed by atoms with Gasteiger partial charge in [0.15, 0.2) is 0 Å². The van der Waals surface area contributed by atoms with E-state index in [1.807, 2.05) is 0 Å². The molecule has 1 aliphatic heterocycles. The summed E-state index contributed by atoms with van der Waals surface area (Å²) >= 11 is 0. The lowest BCUT2D eigenvalue weighted by Crippen LogP contribution is -2.34. The smallest absolute Gasteiger partial charge is 0.245 e. The van der Waals surface area contributed by atoms with Gasteiger partial charge in [0.25, 0.3) is 0 Å². The molecule has 0 bridgehead atoms. The maximum atomic E-state index is 10.6. The van der Waals surface area contributed by atoms with Crippen LogP contribution in [0.5, 0.6) is 0 Å². The number of amides is 1. The topological polar surface area (TPSA) is 47.6 Å². The first-order valence-corrected chi connectivity index (χ1v) is 3.92. The van der Waals surface area contributed by atoms with Crippen LogP contribution >= 0.6 is 0 Å². The molecule has 1 N–H and O–H groups in total. The molecule has 0 aromatic rings. The highest BCUT2D eigenvalue weighted by atomic mass is 16.5. The van der Waals surface area contributed by atoms with Gasteiger partial charge in [-0.15, -0.1) is 0 Å². The molecule has 68 valence electrons. The number of hydrogen-bond donors (Lipinski definition) is 1. The molecule has 0 radical (unpaired) electrons. The lowest BCUT2D eigenvalue weighted by Gasteiger charge is -2.25. The van der Waals surface area contributed by atoms with Gasteiger partial charge in [0, 0.05) is 6.61 Å². The van der Waals surface area contributed by atoms with Crippen molar-refractivity contribution in [2.45, 2.75) is 12.5 Å². The Bertz CT molecular complexity index is 166. The van der Waals surface area contributed by atoms with E-state index in [9.17, 15) is 4.79 Å². The summed E-state index contributed by atoms with van der Waals surface area (Å²) in [7, 11) is 0. The SMILES string of the molecule is C=CC(=O)NCOCC1CCO1. The van der Waals surface area contributed by atoms with E-state index < -0.39 is 0 Å². The molecule has 1 aliphatic rings. The molecule has 1 atom stereocenters. The standard InChI is InChI=1S/C8H13NO3/c1-2-8(10)9-6-11-5-7-3-4-12-7/h2,7H,1,3-6H2,(H,9,10). The largest absolute Gasteiger partial charge is 0.376 e. The van der Waals surface area contributed by atoms with Crippen molar-refractivity contribution in [2.75, 3.05) is 19.9 Å². The molecule has 12 heavy (non-hydrogen) atoms. The van der Waals surface area contributed by atoms with Crippen LogP contribution in [-0.4, -0.2) is 32.0 Å². The summed E-state index contributed by atoms with van der Waals surface area (Å²) in [5.41, 5.74) is 0. The quantitative estimate of drug-likeness (QED) is 0.361. The number of carbonyl (C=O) groups is 1. The predicted octanol–water partition coefficient (Wildman–Crippen LogP) is 0.0516. The Hall–Kier alpha value is -0.870. The second kappa shape index (κ2) is 4.90. The molecule has 1 rings (SSSR count). The van der Waals surface area contributed by atoms with Gasteiger partial charge in [0.05, 0.1) is 12.7 Å². The van der Waals surface area contributed by atoms with E-state index in [4.69, 9.17) is 9.47 Å². The highest BCUT2D eigenvalue weighted by Crippen LogP contribution is 2.09. The van der Waals surface area contributed by atoms with Gasteiger partial charge in [-0.3, -0.25) is 4.79 Å². The van der Waals surface area contributed by atoms with Crippen molar-refractivity contribution in [2.24, 2.45) is 0 Å². The monoisotopic (exact) mass is 171 g/mol. The normalized spacial score (nSPS) is 21.2. The lowest BCUT2D eigenvalue weighted by atomic mass is 10.2. The van der Waals surface area contributed by atoms with Crippen molar-refractivity contribution in [1.82, 2.24) is 5.32 Å². The minimum absolute atomic E-state index is 0.218. The summed E-state index contributed by atoms with van der Waals surface area (Å²) in [6.45, 7) is 4.92. The zero-order chi connectivity index (χ0) is 8.81. The van der Waals surface area contributed by atoms with Gasteiger partial charge in [-0.2, -0.15) is 0 Å². The second-order valence-corrected chi connectivity index (χ2v) is 2.54. The van der Waals surface area contributed by atoms with Crippen molar-refractivity contribution in [3.8, 4) is 0 Å². The van der Waals surface area contributed by atoms with Gasteiger partial charge in [-0.25, -0.2) is 0 Å². The van der Waals surface area contributed by atoms with Gasteiger partial charge in [0.2, 0.25) is 5.91 Å². The first-order chi connectivity index (χ1) is 5.83. The fraction of sp³-hybridized carbons (Fsp3) is 0.625. The highest BCUT2D eigenvalue weighted by Gasteiger charge is 2.17. The molecule has 4 heteroatoms. The van der Waals surface area contributed by atoms with Crippen LogP contribution in [0.1, 0.15) is 6.42 Å². The fourth-order valence-electron chi connectivity index (χ4n) is 0.801. The van der Waals surface area contributed by atoms with Gasteiger partial charge in [-0.05, 0) is 12.5 Å². The highest BCUT2D eigenvalue weighted by molar-refractivity contribution is 5.86. The van der Waals surface area contributed by atoms with Crippen molar-refractivity contribution >= 4 is 5.91 Å². The van der Waals surface area contributed by atoms with Crippen LogP contribution in [0.4, 0.5) is 0 Å². The van der Waals surface area contributed by atoms with E-state index in [0.29, 0.717) is 6.61 Å². The molecular formula is C8H13NO3. The molecule has 0 spiro atoms. The van der Waals surface area contributed by atoms with Crippen LogP contribution in [0.25, 0.3) is 0 Å². The fourth-order valence-corrected chi connectivity index (χ4v) is 0.801. The zero-order valence-electron chi connectivity index (χ0n) is 6.91. The molecule has 1 unspecified atom stereocenters. The molecule has 0 aliphatic carbocycles. The molecule has 1 amide bonds. The molecule has 4 nitrogen and oxygen atoms in total. The Morgan fingerprint density at radius 1 is 1.83 bits per heavy atom. The van der Waals surface area contributed by atoms with Crippen LogP contribution in [0.2, 0.25) is 0 Å². The van der Waals surface area contributed by atoms with Gasteiger partial charge >= 0.3 is 0 Å². The Kier molecular flexibility index (Phi) is 3.76. The molecule has 0 aromatic heterocycles. The van der Waals surface area contributed by atoms with Crippen molar-refractivity contribution in [3.05, 3.63) is 12.7 Å². The van der Waals surface area contributed by atoms with Gasteiger partial charge < -0.3 is 14.8 Å². The summed E-state index contributed by atoms with van der Waals surface area (Å²) in [4.78, 5) is 10.6. The zero-order valence-corrected chi connectivity index (χ0v) is 6.91. The Morgan fingerprint density at radius 3 is 3.08 bits per heavy atom. The summed E-state index contributed by atoms with van der Waals surface area (Å²) in [6.07, 6.45) is 2.49. The van der Waals surface area contributed by atoms with E-state index in [1.54, 1.807) is 0 Å².